The Morgan fingerprint density at radius 2 is 1.67 bits per heavy atom. The van der Waals surface area contributed by atoms with Crippen LogP contribution in [0.3, 0.4) is 0 Å². The summed E-state index contributed by atoms with van der Waals surface area (Å²) in [5.41, 5.74) is 5.03. The third-order valence-corrected chi connectivity index (χ3v) is 0.289. The SMILES string of the molecule is CCCN.CS. The lowest BCUT2D eigenvalue weighted by molar-refractivity contribution is 0.932. The molecule has 0 fully saturated rings. The van der Waals surface area contributed by atoms with Gasteiger partial charge in [0.05, 0.1) is 0 Å². The second-order valence-electron chi connectivity index (χ2n) is 0.789. The molecule has 0 saturated heterocycles. The zero-order valence-electron chi connectivity index (χ0n) is 4.44. The fraction of sp³-hybridized carbons (Fsp3) is 1.00. The second kappa shape index (κ2) is 18.5. The molecule has 2 heteroatoms. The van der Waals surface area contributed by atoms with E-state index in [0.717, 1.165) is 13.0 Å². The average Bonchev–Trinajstić information content (AvgIpc) is 1.72. The highest BCUT2D eigenvalue weighted by Gasteiger charge is 1.55. The molecule has 0 atom stereocenters. The van der Waals surface area contributed by atoms with Crippen LogP contribution in [0.2, 0.25) is 0 Å². The zero-order chi connectivity index (χ0) is 5.41. The highest BCUT2D eigenvalue weighted by atomic mass is 32.1. The molecule has 0 radical (unpaired) electrons. The maximum Gasteiger partial charge on any atom is -0.00799 e. The molecule has 0 aromatic rings. The predicted molar refractivity (Wildman–Crippen MR) is 34.3 cm³/mol. The first-order valence-electron chi connectivity index (χ1n) is 2.06. The highest BCUT2D eigenvalue weighted by Crippen LogP contribution is 1.57. The summed E-state index contributed by atoms with van der Waals surface area (Å²) in [4.78, 5) is 0. The molecule has 0 aliphatic carbocycles. The van der Waals surface area contributed by atoms with Crippen LogP contribution in [0.5, 0.6) is 0 Å². The van der Waals surface area contributed by atoms with Crippen LogP contribution in [-0.4, -0.2) is 12.8 Å². The number of hydrogen-bond acceptors (Lipinski definition) is 2. The maximum atomic E-state index is 5.03. The van der Waals surface area contributed by atoms with Crippen molar-refractivity contribution in [2.24, 2.45) is 5.73 Å². The minimum Gasteiger partial charge on any atom is -0.330 e. The summed E-state index contributed by atoms with van der Waals surface area (Å²) in [6, 6.07) is 0. The predicted octanol–water partition coefficient (Wildman–Crippen LogP) is 0.901. The van der Waals surface area contributed by atoms with E-state index in [-0.39, 0.29) is 0 Å². The van der Waals surface area contributed by atoms with Crippen molar-refractivity contribution in [1.82, 2.24) is 0 Å². The van der Waals surface area contributed by atoms with Crippen molar-refractivity contribution in [3.8, 4) is 0 Å². The number of nitrogens with two attached hydrogens (primary N) is 1. The Morgan fingerprint density at radius 1 is 1.50 bits per heavy atom. The van der Waals surface area contributed by atoms with Crippen molar-refractivity contribution in [1.29, 1.82) is 0 Å². The maximum absolute atomic E-state index is 5.03. The van der Waals surface area contributed by atoms with Crippen molar-refractivity contribution < 1.29 is 0 Å². The second-order valence-corrected chi connectivity index (χ2v) is 0.789. The Balaban J connectivity index is 0. The van der Waals surface area contributed by atoms with E-state index >= 15 is 0 Å². The van der Waals surface area contributed by atoms with Crippen LogP contribution in [0, 0.1) is 0 Å². The zero-order valence-corrected chi connectivity index (χ0v) is 5.33. The fourth-order valence-electron chi connectivity index (χ4n) is 0. The van der Waals surface area contributed by atoms with Gasteiger partial charge in [-0.3, -0.25) is 0 Å². The summed E-state index contributed by atoms with van der Waals surface area (Å²) in [7, 11) is 0. The Bertz CT molecular complexity index is 9.51. The summed E-state index contributed by atoms with van der Waals surface area (Å²) < 4.78 is 0. The molecule has 0 unspecified atom stereocenters. The molecule has 0 aromatic heterocycles. The Labute approximate surface area is 45.3 Å². The van der Waals surface area contributed by atoms with Crippen molar-refractivity contribution in [2.45, 2.75) is 13.3 Å². The average molecular weight is 107 g/mol. The first-order chi connectivity index (χ1) is 2.91. The van der Waals surface area contributed by atoms with Gasteiger partial charge in [-0.1, -0.05) is 6.92 Å². The lowest BCUT2D eigenvalue weighted by Crippen LogP contribution is -1.93. The highest BCUT2D eigenvalue weighted by molar-refractivity contribution is 7.79. The van der Waals surface area contributed by atoms with E-state index in [9.17, 15) is 0 Å². The Morgan fingerprint density at radius 3 is 1.67 bits per heavy atom. The first-order valence-corrected chi connectivity index (χ1v) is 2.96. The van der Waals surface area contributed by atoms with E-state index in [1.54, 1.807) is 6.26 Å². The minimum atomic E-state index is 0.819. The Hall–Kier alpha value is 0.310. The van der Waals surface area contributed by atoms with Gasteiger partial charge in [0.1, 0.15) is 0 Å². The number of hydrogen-bond donors (Lipinski definition) is 2. The molecule has 0 saturated carbocycles. The normalized spacial score (nSPS) is 6.00. The molecule has 0 bridgehead atoms. The number of rotatable bonds is 1. The summed E-state index contributed by atoms with van der Waals surface area (Å²) >= 11 is 3.53. The van der Waals surface area contributed by atoms with Gasteiger partial charge in [0.25, 0.3) is 0 Å². The smallest absolute Gasteiger partial charge is 0.00799 e. The summed E-state index contributed by atoms with van der Waals surface area (Å²) in [6.45, 7) is 2.88. The standard InChI is InChI=1S/C3H9N.CH4S/c1-2-3-4;1-2/h2-4H2,1H3;2H,1H3. The summed E-state index contributed by atoms with van der Waals surface area (Å²) in [5.74, 6) is 0. The molecule has 0 amide bonds. The molecule has 0 spiro atoms. The van der Waals surface area contributed by atoms with E-state index < -0.39 is 0 Å². The van der Waals surface area contributed by atoms with E-state index in [0.29, 0.717) is 0 Å². The van der Waals surface area contributed by atoms with Crippen molar-refractivity contribution in [3.05, 3.63) is 0 Å². The topological polar surface area (TPSA) is 26.0 Å². The monoisotopic (exact) mass is 107 g/mol. The number of thiol groups is 1. The van der Waals surface area contributed by atoms with Crippen LogP contribution in [0.4, 0.5) is 0 Å². The third kappa shape index (κ3) is 27.5. The van der Waals surface area contributed by atoms with E-state index in [2.05, 4.69) is 19.6 Å². The van der Waals surface area contributed by atoms with Crippen LogP contribution >= 0.6 is 12.6 Å². The quantitative estimate of drug-likeness (QED) is 0.478. The first kappa shape index (κ1) is 9.58. The van der Waals surface area contributed by atoms with Crippen molar-refractivity contribution in [3.63, 3.8) is 0 Å². The Kier molecular flexibility index (Phi) is 29.5. The molecule has 0 rings (SSSR count). The van der Waals surface area contributed by atoms with Gasteiger partial charge in [0.15, 0.2) is 0 Å². The lowest BCUT2D eigenvalue weighted by atomic mass is 10.5. The minimum absolute atomic E-state index is 0.819. The lowest BCUT2D eigenvalue weighted by Gasteiger charge is -1.70. The van der Waals surface area contributed by atoms with Crippen LogP contribution in [0.25, 0.3) is 0 Å². The van der Waals surface area contributed by atoms with E-state index in [4.69, 9.17) is 5.73 Å². The summed E-state index contributed by atoms with van der Waals surface area (Å²) in [6.07, 6.45) is 2.79. The molecule has 0 heterocycles. The van der Waals surface area contributed by atoms with Crippen LogP contribution in [0.1, 0.15) is 13.3 Å². The van der Waals surface area contributed by atoms with Gasteiger partial charge in [-0.2, -0.15) is 12.6 Å². The van der Waals surface area contributed by atoms with Gasteiger partial charge >= 0.3 is 0 Å². The van der Waals surface area contributed by atoms with Gasteiger partial charge in [-0.25, -0.2) is 0 Å². The van der Waals surface area contributed by atoms with Gasteiger partial charge in [0.2, 0.25) is 0 Å². The fourth-order valence-corrected chi connectivity index (χ4v) is 0. The van der Waals surface area contributed by atoms with Gasteiger partial charge in [-0.15, -0.1) is 0 Å². The molecule has 0 aromatic carbocycles. The molecule has 0 aliphatic heterocycles. The van der Waals surface area contributed by atoms with Gasteiger partial charge in [-0.05, 0) is 19.2 Å². The molecule has 40 valence electrons. The van der Waals surface area contributed by atoms with Crippen molar-refractivity contribution >= 4 is 12.6 Å². The van der Waals surface area contributed by atoms with Crippen LogP contribution in [0.15, 0.2) is 0 Å². The molecular weight excluding hydrogens is 94.1 g/mol. The van der Waals surface area contributed by atoms with Crippen LogP contribution < -0.4 is 5.73 Å². The molecule has 6 heavy (non-hydrogen) atoms. The molecular formula is C4H13NS. The third-order valence-electron chi connectivity index (χ3n) is 0.289. The van der Waals surface area contributed by atoms with Gasteiger partial charge in [0, 0.05) is 0 Å². The van der Waals surface area contributed by atoms with E-state index in [1.165, 1.54) is 0 Å². The van der Waals surface area contributed by atoms with Gasteiger partial charge < -0.3 is 5.73 Å². The molecule has 2 N–H and O–H groups in total. The summed E-state index contributed by atoms with van der Waals surface area (Å²) in [5, 5.41) is 0. The van der Waals surface area contributed by atoms with Crippen LogP contribution in [-0.2, 0) is 0 Å². The van der Waals surface area contributed by atoms with E-state index in [1.807, 2.05) is 0 Å². The molecule has 0 aliphatic rings. The van der Waals surface area contributed by atoms with Crippen molar-refractivity contribution in [2.75, 3.05) is 12.8 Å². The largest absolute Gasteiger partial charge is 0.330 e. The molecule has 1 nitrogen and oxygen atoms in total.